The van der Waals surface area contributed by atoms with Gasteiger partial charge in [0.05, 0.1) is 10.6 Å². The molecule has 1 heterocycles. The van der Waals surface area contributed by atoms with E-state index in [9.17, 15) is 26.4 Å². The van der Waals surface area contributed by atoms with Gasteiger partial charge in [0.1, 0.15) is 4.90 Å². The van der Waals surface area contributed by atoms with Crippen LogP contribution in [0.5, 0.6) is 0 Å². The van der Waals surface area contributed by atoms with E-state index in [1.165, 1.54) is 0 Å². The van der Waals surface area contributed by atoms with E-state index in [1.807, 2.05) is 20.8 Å². The Balaban J connectivity index is 2.17. The summed E-state index contributed by atoms with van der Waals surface area (Å²) in [6.07, 6.45) is -4.34. The smallest absolute Gasteiger partial charge is 0.340 e. The number of hydrogen-bond donors (Lipinski definition) is 0. The largest absolute Gasteiger partial charge is 0.416 e. The number of amides is 1. The molecule has 1 aromatic rings. The molecule has 5 nitrogen and oxygen atoms in total. The fourth-order valence-corrected chi connectivity index (χ4v) is 4.68. The number of sulfonamides is 1. The minimum Gasteiger partial charge on any atom is -0.340 e. The summed E-state index contributed by atoms with van der Waals surface area (Å²) in [4.78, 5) is 13.3. The lowest BCUT2D eigenvalue weighted by atomic mass is 9.91. The van der Waals surface area contributed by atoms with Gasteiger partial charge in [-0.05, 0) is 23.6 Å². The van der Waals surface area contributed by atoms with Gasteiger partial charge in [-0.2, -0.15) is 17.5 Å². The van der Waals surface area contributed by atoms with Gasteiger partial charge >= 0.3 is 6.18 Å². The number of hydrogen-bond acceptors (Lipinski definition) is 3. The van der Waals surface area contributed by atoms with Crippen molar-refractivity contribution in [3.8, 4) is 0 Å². The molecule has 0 aromatic heterocycles. The molecule has 1 saturated heterocycles. The summed E-state index contributed by atoms with van der Waals surface area (Å²) in [5.41, 5.74) is -1.27. The number of piperazine rings is 1. The van der Waals surface area contributed by atoms with E-state index >= 15 is 0 Å². The van der Waals surface area contributed by atoms with E-state index in [4.69, 9.17) is 11.6 Å². The van der Waals surface area contributed by atoms with E-state index in [1.54, 1.807) is 4.90 Å². The van der Waals surface area contributed by atoms with Crippen molar-refractivity contribution >= 4 is 27.5 Å². The molecule has 0 unspecified atom stereocenters. The van der Waals surface area contributed by atoms with Crippen LogP contribution in [0.2, 0.25) is 5.02 Å². The number of nitrogens with zero attached hydrogens (tertiary/aromatic N) is 2. The molecule has 2 rings (SSSR count). The van der Waals surface area contributed by atoms with E-state index in [0.29, 0.717) is 12.5 Å². The van der Waals surface area contributed by atoms with Crippen LogP contribution in [-0.2, 0) is 21.0 Å². The number of alkyl halides is 3. The van der Waals surface area contributed by atoms with Gasteiger partial charge in [-0.15, -0.1) is 0 Å². The predicted molar refractivity (Wildman–Crippen MR) is 95.9 cm³/mol. The summed E-state index contributed by atoms with van der Waals surface area (Å²) in [5.74, 6) is -0.0725. The van der Waals surface area contributed by atoms with E-state index in [0.717, 1.165) is 16.4 Å². The van der Waals surface area contributed by atoms with Crippen molar-refractivity contribution in [2.75, 3.05) is 26.2 Å². The molecule has 10 heteroatoms. The average Bonchev–Trinajstić information content (AvgIpc) is 2.52. The lowest BCUT2D eigenvalue weighted by Crippen LogP contribution is -2.51. The molecule has 1 aliphatic rings. The second-order valence-corrected chi connectivity index (χ2v) is 9.98. The zero-order valence-corrected chi connectivity index (χ0v) is 16.9. The fourth-order valence-electron chi connectivity index (χ4n) is 2.76. The zero-order valence-electron chi connectivity index (χ0n) is 15.3. The van der Waals surface area contributed by atoms with Gasteiger partial charge in [-0.25, -0.2) is 8.42 Å². The maximum absolute atomic E-state index is 12.9. The van der Waals surface area contributed by atoms with Crippen LogP contribution in [0, 0.1) is 5.41 Å². The van der Waals surface area contributed by atoms with Crippen LogP contribution in [0.15, 0.2) is 23.1 Å². The summed E-state index contributed by atoms with van der Waals surface area (Å²) in [6, 6.07) is 2.22. The summed E-state index contributed by atoms with van der Waals surface area (Å²) in [6.45, 7) is 6.18. The molecule has 1 aromatic carbocycles. The lowest BCUT2D eigenvalue weighted by Gasteiger charge is -2.35. The van der Waals surface area contributed by atoms with Gasteiger partial charge in [0.15, 0.2) is 0 Å². The summed E-state index contributed by atoms with van der Waals surface area (Å²) >= 11 is 5.86. The Morgan fingerprint density at radius 2 is 1.67 bits per heavy atom. The summed E-state index contributed by atoms with van der Waals surface area (Å²) in [5, 5.41) is -0.269. The van der Waals surface area contributed by atoms with Crippen molar-refractivity contribution in [3.05, 3.63) is 28.8 Å². The van der Waals surface area contributed by atoms with Gasteiger partial charge in [0, 0.05) is 32.6 Å². The number of carbonyl (C=O) groups is 1. The van der Waals surface area contributed by atoms with Crippen LogP contribution < -0.4 is 0 Å². The Bertz CT molecular complexity index is 812. The highest BCUT2D eigenvalue weighted by atomic mass is 35.5. The van der Waals surface area contributed by atoms with Crippen molar-refractivity contribution in [1.29, 1.82) is 0 Å². The average molecular weight is 427 g/mol. The highest BCUT2D eigenvalue weighted by Gasteiger charge is 2.36. The number of benzene rings is 1. The summed E-state index contributed by atoms with van der Waals surface area (Å²) < 4.78 is 65.3. The van der Waals surface area contributed by atoms with Crippen LogP contribution in [0.25, 0.3) is 0 Å². The van der Waals surface area contributed by atoms with E-state index in [2.05, 4.69) is 0 Å². The molecular weight excluding hydrogens is 405 g/mol. The normalized spacial score (nSPS) is 17.2. The second kappa shape index (κ2) is 7.60. The molecule has 0 aliphatic carbocycles. The molecule has 0 spiro atoms. The SMILES string of the molecule is CC(C)(C)CC(=O)N1CCN(S(=O)(=O)c2cc(C(F)(F)F)ccc2Cl)CC1. The molecule has 0 radical (unpaired) electrons. The van der Waals surface area contributed by atoms with Crippen molar-refractivity contribution < 1.29 is 26.4 Å². The fraction of sp³-hybridized carbons (Fsp3) is 0.588. The number of rotatable bonds is 3. The Morgan fingerprint density at radius 1 is 1.11 bits per heavy atom. The van der Waals surface area contributed by atoms with E-state index < -0.39 is 26.7 Å². The lowest BCUT2D eigenvalue weighted by molar-refractivity contribution is -0.138. The van der Waals surface area contributed by atoms with Crippen LogP contribution in [0.4, 0.5) is 13.2 Å². The van der Waals surface area contributed by atoms with Gasteiger partial charge in [-0.1, -0.05) is 32.4 Å². The molecule has 152 valence electrons. The topological polar surface area (TPSA) is 57.7 Å². The molecule has 0 bridgehead atoms. The second-order valence-electron chi connectivity index (χ2n) is 7.67. The van der Waals surface area contributed by atoms with Crippen molar-refractivity contribution in [1.82, 2.24) is 9.21 Å². The third-order valence-electron chi connectivity index (χ3n) is 4.15. The zero-order chi connectivity index (χ0) is 20.6. The molecule has 0 atom stereocenters. The van der Waals surface area contributed by atoms with Gasteiger partial charge < -0.3 is 4.90 Å². The molecule has 1 amide bonds. The number of carbonyl (C=O) groups excluding carboxylic acids is 1. The molecule has 1 aliphatic heterocycles. The molecule has 1 fully saturated rings. The molecule has 0 N–H and O–H groups in total. The van der Waals surface area contributed by atoms with Gasteiger partial charge in [0.2, 0.25) is 15.9 Å². The minimum atomic E-state index is -4.67. The molecule has 27 heavy (non-hydrogen) atoms. The predicted octanol–water partition coefficient (Wildman–Crippen LogP) is 3.63. The highest BCUT2D eigenvalue weighted by Crippen LogP contribution is 2.34. The Labute approximate surface area is 162 Å². The highest BCUT2D eigenvalue weighted by molar-refractivity contribution is 7.89. The Kier molecular flexibility index (Phi) is 6.18. The first-order valence-corrected chi connectivity index (χ1v) is 10.2. The van der Waals surface area contributed by atoms with Gasteiger partial charge in [0.25, 0.3) is 0 Å². The third-order valence-corrected chi connectivity index (χ3v) is 6.53. The van der Waals surface area contributed by atoms with Crippen LogP contribution in [0.3, 0.4) is 0 Å². The molecule has 0 saturated carbocycles. The first-order chi connectivity index (χ1) is 12.2. The number of halogens is 4. The quantitative estimate of drug-likeness (QED) is 0.741. The third kappa shape index (κ3) is 5.36. The maximum Gasteiger partial charge on any atom is 0.416 e. The first kappa shape index (κ1) is 22.0. The minimum absolute atomic E-state index is 0.00475. The standard InChI is InChI=1S/C17H22ClF3N2O3S/c1-16(2,3)11-15(24)22-6-8-23(9-7-22)27(25,26)14-10-12(17(19,20)21)4-5-13(14)18/h4-5,10H,6-9,11H2,1-3H3. The van der Waals surface area contributed by atoms with Crippen molar-refractivity contribution in [2.24, 2.45) is 5.41 Å². The summed E-state index contributed by atoms with van der Waals surface area (Å²) in [7, 11) is -4.20. The Morgan fingerprint density at radius 3 is 2.15 bits per heavy atom. The van der Waals surface area contributed by atoms with Crippen molar-refractivity contribution in [3.63, 3.8) is 0 Å². The monoisotopic (exact) mass is 426 g/mol. The van der Waals surface area contributed by atoms with Crippen molar-refractivity contribution in [2.45, 2.75) is 38.3 Å². The maximum atomic E-state index is 12.9. The van der Waals surface area contributed by atoms with Gasteiger partial charge in [-0.3, -0.25) is 4.79 Å². The van der Waals surface area contributed by atoms with Crippen LogP contribution in [0.1, 0.15) is 32.8 Å². The Hall–Kier alpha value is -1.32. The van der Waals surface area contributed by atoms with Crippen LogP contribution >= 0.6 is 11.6 Å². The first-order valence-electron chi connectivity index (χ1n) is 8.36. The van der Waals surface area contributed by atoms with E-state index in [-0.39, 0.29) is 42.5 Å². The molecular formula is C17H22ClF3N2O3S. The van der Waals surface area contributed by atoms with Crippen LogP contribution in [-0.4, -0.2) is 49.7 Å².